The Balaban J connectivity index is 1.51. The van der Waals surface area contributed by atoms with Crippen molar-refractivity contribution in [1.29, 1.82) is 0 Å². The van der Waals surface area contributed by atoms with Crippen LogP contribution in [0.5, 0.6) is 0 Å². The van der Waals surface area contributed by atoms with Crippen LogP contribution in [0, 0.1) is 0 Å². The molecule has 15 heteroatoms. The molecule has 4 rings (SSSR count). The maximum atomic E-state index is 14.4. The number of aromatic nitrogens is 2. The molecule has 0 aliphatic rings. The van der Waals surface area contributed by atoms with E-state index in [0.717, 1.165) is 26.7 Å². The van der Waals surface area contributed by atoms with Crippen LogP contribution in [0.25, 0.3) is 0 Å². The number of urea groups is 1. The van der Waals surface area contributed by atoms with Gasteiger partial charge < -0.3 is 35.1 Å². The molecule has 0 radical (unpaired) electrons. The molecule has 57 heavy (non-hydrogen) atoms. The zero-order valence-electron chi connectivity index (χ0n) is 33.9. The predicted molar refractivity (Wildman–Crippen MR) is 225 cm³/mol. The molecule has 3 unspecified atom stereocenters. The van der Waals surface area contributed by atoms with Gasteiger partial charge in [-0.15, -0.1) is 22.7 Å². The molecule has 2 aromatic heterocycles. The number of hydrogen-bond acceptors (Lipinski definition) is 11. The lowest BCUT2D eigenvalue weighted by Crippen LogP contribution is -2.53. The Morgan fingerprint density at radius 2 is 1.40 bits per heavy atom. The van der Waals surface area contributed by atoms with Crippen LogP contribution in [-0.2, 0) is 45.0 Å². The number of carbonyl (C=O) groups is 3. The molecular weight excluding hydrogens is 763 g/mol. The summed E-state index contributed by atoms with van der Waals surface area (Å²) in [7, 11) is 5.03. The van der Waals surface area contributed by atoms with E-state index in [1.807, 2.05) is 66.0 Å². The first-order chi connectivity index (χ1) is 27.6. The standard InChI is InChI=1S/C42H59N7O6S2/c1-31(2)40-45-36(29-56-40)27-48(3)41(51)47-38(18-19-49(20-22-53-4)21-23-54-5)39(50)44-34(24-32-12-8-6-9-13-32)16-17-35(25-33-14-10-7-11-15-33)46-42(52)55-28-37-26-43-30-57-37/h6-15,26,29-31,34-35,38H,16-25,27-28H2,1-5H3,(H,44,50)(H,46,52)(H,47,51). The number of ether oxygens (including phenoxy) is 3. The van der Waals surface area contributed by atoms with E-state index in [0.29, 0.717) is 77.4 Å². The summed E-state index contributed by atoms with van der Waals surface area (Å²) in [5.74, 6) is 0.0229. The largest absolute Gasteiger partial charge is 0.444 e. The van der Waals surface area contributed by atoms with E-state index in [1.165, 1.54) is 11.3 Å². The van der Waals surface area contributed by atoms with E-state index >= 15 is 0 Å². The minimum absolute atomic E-state index is 0.140. The molecule has 310 valence electrons. The summed E-state index contributed by atoms with van der Waals surface area (Å²) >= 11 is 3.01. The van der Waals surface area contributed by atoms with Gasteiger partial charge in [0, 0.05) is 70.5 Å². The van der Waals surface area contributed by atoms with E-state index < -0.39 is 12.1 Å². The van der Waals surface area contributed by atoms with Crippen molar-refractivity contribution in [1.82, 2.24) is 35.7 Å². The summed E-state index contributed by atoms with van der Waals surface area (Å²) < 4.78 is 16.2. The molecule has 0 aliphatic heterocycles. The number of rotatable bonds is 25. The second-order valence-corrected chi connectivity index (χ2v) is 16.2. The second kappa shape index (κ2) is 25.1. The van der Waals surface area contributed by atoms with Gasteiger partial charge in [-0.2, -0.15) is 0 Å². The van der Waals surface area contributed by atoms with E-state index in [2.05, 4.69) is 39.7 Å². The van der Waals surface area contributed by atoms with Gasteiger partial charge in [-0.3, -0.25) is 14.7 Å². The quantitative estimate of drug-likeness (QED) is 0.0705. The fraction of sp³-hybridized carbons (Fsp3) is 0.500. The SMILES string of the molecule is COCCN(CCOC)CCC(NC(=O)N(C)Cc1csc(C(C)C)n1)C(=O)NC(CCC(Cc1ccccc1)NC(=O)OCc1cncs1)Cc1ccccc1. The Kier molecular flexibility index (Phi) is 19.9. The Labute approximate surface area is 345 Å². The van der Waals surface area contributed by atoms with E-state index in [4.69, 9.17) is 19.2 Å². The molecule has 4 amide bonds. The highest BCUT2D eigenvalue weighted by Crippen LogP contribution is 2.20. The zero-order valence-corrected chi connectivity index (χ0v) is 35.5. The number of benzene rings is 2. The molecular formula is C42H59N7O6S2. The molecule has 0 aliphatic carbocycles. The predicted octanol–water partition coefficient (Wildman–Crippen LogP) is 6.26. The van der Waals surface area contributed by atoms with Crippen molar-refractivity contribution < 1.29 is 28.6 Å². The number of alkyl carbamates (subject to hydrolysis) is 1. The van der Waals surface area contributed by atoms with Crippen LogP contribution in [0.2, 0.25) is 0 Å². The molecule has 4 aromatic rings. The number of thiazole rings is 2. The highest BCUT2D eigenvalue weighted by atomic mass is 32.1. The molecule has 0 bridgehead atoms. The normalized spacial score (nSPS) is 12.9. The first-order valence-electron chi connectivity index (χ1n) is 19.5. The third kappa shape index (κ3) is 16.9. The van der Waals surface area contributed by atoms with E-state index in [1.54, 1.807) is 49.2 Å². The van der Waals surface area contributed by atoms with E-state index in [9.17, 15) is 14.4 Å². The average molecular weight is 822 g/mol. The summed E-state index contributed by atoms with van der Waals surface area (Å²) in [6.45, 7) is 7.54. The monoisotopic (exact) mass is 821 g/mol. The summed E-state index contributed by atoms with van der Waals surface area (Å²) in [5, 5.41) is 12.4. The number of nitrogens with zero attached hydrogens (tertiary/aromatic N) is 4. The third-order valence-electron chi connectivity index (χ3n) is 9.39. The van der Waals surface area contributed by atoms with Crippen LogP contribution < -0.4 is 16.0 Å². The van der Waals surface area contributed by atoms with Crippen molar-refractivity contribution >= 4 is 40.7 Å². The first kappa shape index (κ1) is 45.3. The third-order valence-corrected chi connectivity index (χ3v) is 11.3. The zero-order chi connectivity index (χ0) is 40.8. The van der Waals surface area contributed by atoms with Crippen LogP contribution >= 0.6 is 22.7 Å². The molecule has 13 nitrogen and oxygen atoms in total. The maximum Gasteiger partial charge on any atom is 0.407 e. The minimum atomic E-state index is -0.826. The van der Waals surface area contributed by atoms with Crippen LogP contribution in [0.4, 0.5) is 9.59 Å². The van der Waals surface area contributed by atoms with Crippen molar-refractivity contribution in [3.63, 3.8) is 0 Å². The van der Waals surface area contributed by atoms with Crippen molar-refractivity contribution in [2.24, 2.45) is 0 Å². The van der Waals surface area contributed by atoms with Crippen LogP contribution in [-0.4, -0.2) is 110 Å². The Hall–Kier alpha value is -4.41. The topological polar surface area (TPSA) is 147 Å². The number of hydrogen-bond donors (Lipinski definition) is 3. The molecule has 3 N–H and O–H groups in total. The second-order valence-electron chi connectivity index (χ2n) is 14.4. The minimum Gasteiger partial charge on any atom is -0.444 e. The number of nitrogens with one attached hydrogen (secondary N) is 3. The smallest absolute Gasteiger partial charge is 0.407 e. The Bertz CT molecular complexity index is 1720. The molecule has 2 aromatic carbocycles. The van der Waals surface area contributed by atoms with Crippen molar-refractivity contribution in [3.8, 4) is 0 Å². The number of carbonyl (C=O) groups excluding carboxylic acids is 3. The number of amides is 4. The van der Waals surface area contributed by atoms with Gasteiger partial charge in [0.25, 0.3) is 0 Å². The van der Waals surface area contributed by atoms with E-state index in [-0.39, 0.29) is 30.6 Å². The average Bonchev–Trinajstić information content (AvgIpc) is 3.92. The lowest BCUT2D eigenvalue weighted by molar-refractivity contribution is -0.124. The van der Waals surface area contributed by atoms with Gasteiger partial charge in [-0.05, 0) is 43.2 Å². The molecule has 0 fully saturated rings. The molecule has 0 spiro atoms. The molecule has 2 heterocycles. The van der Waals surface area contributed by atoms with Crippen molar-refractivity contribution in [2.75, 3.05) is 54.1 Å². The lowest BCUT2D eigenvalue weighted by Gasteiger charge is -2.29. The summed E-state index contributed by atoms with van der Waals surface area (Å²) in [4.78, 5) is 54.4. The highest BCUT2D eigenvalue weighted by molar-refractivity contribution is 7.09. The highest BCUT2D eigenvalue weighted by Gasteiger charge is 2.27. The van der Waals surface area contributed by atoms with Gasteiger partial charge in [0.05, 0.1) is 40.8 Å². The van der Waals surface area contributed by atoms with Gasteiger partial charge in [0.15, 0.2) is 0 Å². The van der Waals surface area contributed by atoms with Crippen LogP contribution in [0.1, 0.15) is 65.7 Å². The molecule has 0 saturated heterocycles. The fourth-order valence-electron chi connectivity index (χ4n) is 6.20. The maximum absolute atomic E-state index is 14.4. The summed E-state index contributed by atoms with van der Waals surface area (Å²) in [6, 6.07) is 18.2. The molecule has 0 saturated carbocycles. The van der Waals surface area contributed by atoms with Gasteiger partial charge in [0.2, 0.25) is 5.91 Å². The lowest BCUT2D eigenvalue weighted by atomic mass is 9.95. The van der Waals surface area contributed by atoms with Gasteiger partial charge in [-0.25, -0.2) is 14.6 Å². The number of methoxy groups -OCH3 is 2. The van der Waals surface area contributed by atoms with Crippen molar-refractivity contribution in [2.45, 2.75) is 83.1 Å². The van der Waals surface area contributed by atoms with Gasteiger partial charge in [-0.1, -0.05) is 74.5 Å². The van der Waals surface area contributed by atoms with Crippen LogP contribution in [0.3, 0.4) is 0 Å². The Morgan fingerprint density at radius 1 is 0.789 bits per heavy atom. The fourth-order valence-corrected chi connectivity index (χ4v) is 7.53. The summed E-state index contributed by atoms with van der Waals surface area (Å²) in [6.07, 6.45) is 3.82. The first-order valence-corrected chi connectivity index (χ1v) is 21.2. The van der Waals surface area contributed by atoms with Gasteiger partial charge >= 0.3 is 12.1 Å². The Morgan fingerprint density at radius 3 is 1.95 bits per heavy atom. The van der Waals surface area contributed by atoms with Gasteiger partial charge in [0.1, 0.15) is 12.6 Å². The van der Waals surface area contributed by atoms with Crippen LogP contribution in [0.15, 0.2) is 77.8 Å². The van der Waals surface area contributed by atoms with Crippen molar-refractivity contribution in [3.05, 3.63) is 104 Å². The summed E-state index contributed by atoms with van der Waals surface area (Å²) in [5.41, 5.74) is 4.65. The molecule has 3 atom stereocenters.